The molecule has 2 atom stereocenters. The highest BCUT2D eigenvalue weighted by Gasteiger charge is 2.39. The second-order valence-electron chi connectivity index (χ2n) is 12.9. The summed E-state index contributed by atoms with van der Waals surface area (Å²) in [5.41, 5.74) is -0.609. The molecule has 4 aliphatic heterocycles. The molecule has 2 aromatic carbocycles. The molecule has 8 rings (SSSR count). The lowest BCUT2D eigenvalue weighted by Crippen LogP contribution is -2.48. The molecule has 12 nitrogen and oxygen atoms in total. The second-order valence-corrected chi connectivity index (χ2v) is 13.6. The molecule has 0 radical (unpaired) electrons. The monoisotopic (exact) mass is 738 g/mol. The molecule has 2 unspecified atom stereocenters. The zero-order valence-electron chi connectivity index (χ0n) is 27.2. The summed E-state index contributed by atoms with van der Waals surface area (Å²) in [7, 11) is 0. The Morgan fingerprint density at radius 1 is 0.863 bits per heavy atom. The first-order valence-electron chi connectivity index (χ1n) is 16.5. The number of anilines is 2. The van der Waals surface area contributed by atoms with Crippen molar-refractivity contribution in [1.29, 1.82) is 0 Å². The van der Waals surface area contributed by atoms with Gasteiger partial charge in [-0.2, -0.15) is 0 Å². The average Bonchev–Trinajstić information content (AvgIpc) is 3.51. The first-order chi connectivity index (χ1) is 24.5. The Morgan fingerprint density at radius 3 is 2.22 bits per heavy atom. The molecule has 0 saturated heterocycles. The van der Waals surface area contributed by atoms with Crippen LogP contribution < -0.4 is 30.8 Å². The van der Waals surface area contributed by atoms with Crippen molar-refractivity contribution in [1.82, 2.24) is 18.7 Å². The van der Waals surface area contributed by atoms with Crippen molar-refractivity contribution in [2.24, 2.45) is 5.92 Å². The van der Waals surface area contributed by atoms with E-state index in [1.807, 2.05) is 0 Å². The minimum absolute atomic E-state index is 0.00395. The van der Waals surface area contributed by atoms with Gasteiger partial charge in [0.1, 0.15) is 33.4 Å². The summed E-state index contributed by atoms with van der Waals surface area (Å²) in [6, 6.07) is 5.01. The number of halogens is 4. The van der Waals surface area contributed by atoms with Crippen molar-refractivity contribution < 1.29 is 27.8 Å². The van der Waals surface area contributed by atoms with E-state index in [2.05, 4.69) is 17.2 Å². The van der Waals surface area contributed by atoms with E-state index in [0.29, 0.717) is 26.1 Å². The fraction of sp³-hybridized carbons (Fsp3) is 0.371. The van der Waals surface area contributed by atoms with Gasteiger partial charge in [-0.15, -0.1) is 5.92 Å². The number of hydrogen-bond acceptors (Lipinski definition) is 6. The number of amides is 2. The molecular weight excluding hydrogens is 709 g/mol. The molecule has 0 saturated carbocycles. The van der Waals surface area contributed by atoms with Crippen molar-refractivity contribution in [3.8, 4) is 45.6 Å². The van der Waals surface area contributed by atoms with E-state index >= 15 is 8.78 Å². The molecule has 0 bridgehead atoms. The molecule has 16 heteroatoms. The largest absolute Gasteiger partial charge is 0.481 e. The quantitative estimate of drug-likeness (QED) is 0.292. The number of aromatic nitrogens is 4. The Kier molecular flexibility index (Phi) is 8.22. The van der Waals surface area contributed by atoms with Crippen LogP contribution in [0.25, 0.3) is 22.3 Å². The summed E-state index contributed by atoms with van der Waals surface area (Å²) in [5.74, 6) is 3.42. The third-order valence-corrected chi connectivity index (χ3v) is 10.6. The van der Waals surface area contributed by atoms with Crippen LogP contribution >= 0.6 is 23.2 Å². The van der Waals surface area contributed by atoms with Crippen molar-refractivity contribution in [2.75, 3.05) is 23.4 Å². The molecule has 4 aromatic rings. The lowest BCUT2D eigenvalue weighted by atomic mass is 9.94. The van der Waals surface area contributed by atoms with Crippen LogP contribution in [0.5, 0.6) is 11.5 Å². The molecule has 2 aromatic heterocycles. The molecule has 0 aliphatic carbocycles. The second kappa shape index (κ2) is 12.6. The average molecular weight is 740 g/mol. The Morgan fingerprint density at radius 2 is 1.51 bits per heavy atom. The van der Waals surface area contributed by atoms with Crippen LogP contribution in [0.15, 0.2) is 33.9 Å². The van der Waals surface area contributed by atoms with E-state index in [1.165, 1.54) is 26.4 Å². The summed E-state index contributed by atoms with van der Waals surface area (Å²) in [5, 5.41) is 2.79. The summed E-state index contributed by atoms with van der Waals surface area (Å²) in [6.45, 7) is 2.83. The van der Waals surface area contributed by atoms with Crippen molar-refractivity contribution in [2.45, 2.75) is 64.9 Å². The third-order valence-electron chi connectivity index (χ3n) is 9.87. The number of carbonyl (C=O) groups is 2. The fourth-order valence-corrected chi connectivity index (χ4v) is 8.09. The number of ether oxygens (including phenoxy) is 2. The van der Waals surface area contributed by atoms with Gasteiger partial charge in [0.2, 0.25) is 0 Å². The van der Waals surface area contributed by atoms with Crippen LogP contribution in [0.3, 0.4) is 0 Å². The molecule has 4 aliphatic rings. The summed E-state index contributed by atoms with van der Waals surface area (Å²) in [6.07, 6.45) is 1.30. The zero-order chi connectivity index (χ0) is 35.7. The maximum atomic E-state index is 15.8. The van der Waals surface area contributed by atoms with Crippen LogP contribution in [-0.2, 0) is 35.8 Å². The van der Waals surface area contributed by atoms with Gasteiger partial charge >= 0.3 is 0 Å². The first-order valence-corrected chi connectivity index (χ1v) is 17.3. The van der Waals surface area contributed by atoms with Crippen molar-refractivity contribution in [3.05, 3.63) is 66.9 Å². The van der Waals surface area contributed by atoms with Gasteiger partial charge in [-0.1, -0.05) is 29.1 Å². The summed E-state index contributed by atoms with van der Waals surface area (Å²) < 4.78 is 48.7. The molecule has 264 valence electrons. The molecule has 0 spiro atoms. The van der Waals surface area contributed by atoms with E-state index in [9.17, 15) is 19.2 Å². The highest BCUT2D eigenvalue weighted by atomic mass is 35.5. The predicted octanol–water partition coefficient (Wildman–Crippen LogP) is 4.88. The molecule has 2 amide bonds. The van der Waals surface area contributed by atoms with Gasteiger partial charge in [0, 0.05) is 49.4 Å². The molecule has 51 heavy (non-hydrogen) atoms. The number of carbonyl (C=O) groups excluding carboxylic acids is 2. The standard InChI is InChI=1S/C35H30Cl2F2N6O6/c1-2-3-7-41-24-13-20(30-31(36)42-8-4-5-9-44(42)34(30)48)22(39)15-26(24)51-27(33(41)47)11-18-6-10-43-32(37)29(35(49)45(43)16-18)19-12-23-25(14-21(19)38)50-17-28(46)40-23/h12-15,18,27H,4-11,16-17H2,1H3,(H,40,46). The number of rotatable bonds is 5. The Balaban J connectivity index is 1.09. The van der Waals surface area contributed by atoms with Gasteiger partial charge in [0.05, 0.1) is 29.0 Å². The van der Waals surface area contributed by atoms with Gasteiger partial charge in [-0.25, -0.2) is 18.1 Å². The molecular formula is C35H30Cl2F2N6O6. The van der Waals surface area contributed by atoms with E-state index in [1.54, 1.807) is 16.3 Å². The number of benzene rings is 2. The highest BCUT2D eigenvalue weighted by molar-refractivity contribution is 6.32. The maximum absolute atomic E-state index is 15.8. The highest BCUT2D eigenvalue weighted by Crippen LogP contribution is 2.42. The van der Waals surface area contributed by atoms with E-state index in [-0.39, 0.29) is 87.5 Å². The van der Waals surface area contributed by atoms with Crippen LogP contribution in [0.1, 0.15) is 32.6 Å². The normalized spacial score (nSPS) is 19.1. The van der Waals surface area contributed by atoms with Gasteiger partial charge in [-0.05, 0) is 50.7 Å². The van der Waals surface area contributed by atoms with E-state index < -0.39 is 40.7 Å². The van der Waals surface area contributed by atoms with Gasteiger partial charge in [-0.3, -0.25) is 33.4 Å². The third kappa shape index (κ3) is 5.41. The molecule has 0 fully saturated rings. The maximum Gasteiger partial charge on any atom is 0.276 e. The lowest BCUT2D eigenvalue weighted by Gasteiger charge is -2.36. The van der Waals surface area contributed by atoms with E-state index in [4.69, 9.17) is 32.7 Å². The van der Waals surface area contributed by atoms with Crippen molar-refractivity contribution in [3.63, 3.8) is 0 Å². The lowest BCUT2D eigenvalue weighted by molar-refractivity contribution is -0.127. The van der Waals surface area contributed by atoms with Gasteiger partial charge in [0.25, 0.3) is 22.9 Å². The molecule has 1 N–H and O–H groups in total. The SMILES string of the molecule is CC#CCN1C(=O)C(CC2CCn3c(Cl)c(-c4cc5c(cc4F)OCC(=O)N5)c(=O)n3C2)Oc2cc(F)c(-c3c(Cl)n4n(c3=O)CCCC4)cc21. The van der Waals surface area contributed by atoms with Crippen LogP contribution in [0.2, 0.25) is 10.3 Å². The number of nitrogens with one attached hydrogen (secondary N) is 1. The van der Waals surface area contributed by atoms with Crippen LogP contribution in [0.4, 0.5) is 20.2 Å². The Bertz CT molecular complexity index is 2350. The fourth-order valence-electron chi connectivity index (χ4n) is 7.38. The Labute approximate surface area is 299 Å². The van der Waals surface area contributed by atoms with Gasteiger partial charge < -0.3 is 14.8 Å². The van der Waals surface area contributed by atoms with Crippen molar-refractivity contribution >= 4 is 46.4 Å². The zero-order valence-corrected chi connectivity index (χ0v) is 28.7. The molecule has 6 heterocycles. The van der Waals surface area contributed by atoms with Crippen LogP contribution in [-0.4, -0.2) is 49.8 Å². The smallest absolute Gasteiger partial charge is 0.276 e. The summed E-state index contributed by atoms with van der Waals surface area (Å²) in [4.78, 5) is 54.3. The minimum atomic E-state index is -1.03. The van der Waals surface area contributed by atoms with E-state index in [0.717, 1.165) is 25.0 Å². The predicted molar refractivity (Wildman–Crippen MR) is 184 cm³/mol. The Hall–Kier alpha value is -5.00. The van der Waals surface area contributed by atoms with Gasteiger partial charge in [0.15, 0.2) is 12.7 Å². The topological polar surface area (TPSA) is 122 Å². The number of hydrogen-bond donors (Lipinski definition) is 1. The minimum Gasteiger partial charge on any atom is -0.481 e. The number of fused-ring (bicyclic) bond motifs is 4. The summed E-state index contributed by atoms with van der Waals surface area (Å²) >= 11 is 13.3. The first kappa shape index (κ1) is 33.2. The van der Waals surface area contributed by atoms with Crippen LogP contribution in [0, 0.1) is 29.4 Å². The number of nitrogens with zero attached hydrogens (tertiary/aromatic N) is 5.